The van der Waals surface area contributed by atoms with Crippen LogP contribution < -0.4 is 9.47 Å². The van der Waals surface area contributed by atoms with E-state index in [1.165, 1.54) is 32.7 Å². The molecule has 1 atom stereocenters. The van der Waals surface area contributed by atoms with Crippen molar-refractivity contribution in [2.24, 2.45) is 10.9 Å². The van der Waals surface area contributed by atoms with Crippen LogP contribution in [0, 0.1) is 17.2 Å². The molecule has 0 saturated carbocycles. The van der Waals surface area contributed by atoms with Crippen molar-refractivity contribution in [1.29, 1.82) is 5.26 Å². The molecule has 0 aromatic carbocycles. The molecule has 2 heterocycles. The third kappa shape index (κ3) is 2.42. The first-order valence-electron chi connectivity index (χ1n) is 5.34. The number of methoxy groups -OCH3 is 2. The summed E-state index contributed by atoms with van der Waals surface area (Å²) in [7, 11) is 2.92. The minimum atomic E-state index is -0.919. The number of aliphatic imine (C=N–C) groups is 1. The summed E-state index contributed by atoms with van der Waals surface area (Å²) in [6.07, 6.45) is 4.22. The van der Waals surface area contributed by atoms with E-state index in [-0.39, 0.29) is 5.88 Å². The van der Waals surface area contributed by atoms with Crippen molar-refractivity contribution in [3.63, 3.8) is 0 Å². The molecule has 0 radical (unpaired) electrons. The molecule has 0 bridgehead atoms. The molecule has 96 valence electrons. The molecule has 1 aliphatic rings. The van der Waals surface area contributed by atoms with E-state index in [9.17, 15) is 4.79 Å². The maximum absolute atomic E-state index is 11.3. The highest BCUT2D eigenvalue weighted by atomic mass is 16.5. The van der Waals surface area contributed by atoms with E-state index in [0.717, 1.165) is 0 Å². The Morgan fingerprint density at radius 2 is 2.16 bits per heavy atom. The van der Waals surface area contributed by atoms with Crippen LogP contribution in [0.3, 0.4) is 0 Å². The maximum Gasteiger partial charge on any atom is 0.266 e. The Kier molecular flexibility index (Phi) is 3.52. The van der Waals surface area contributed by atoms with Gasteiger partial charge in [0, 0.05) is 11.8 Å². The number of hydrogen-bond acceptors (Lipinski definition) is 6. The van der Waals surface area contributed by atoms with E-state index in [1.807, 2.05) is 6.07 Å². The van der Waals surface area contributed by atoms with E-state index in [1.54, 1.807) is 0 Å². The smallest absolute Gasteiger partial charge is 0.266 e. The number of dihydropyridines is 1. The number of nitriles is 1. The summed E-state index contributed by atoms with van der Waals surface area (Å²) in [4.78, 5) is 23.2. The van der Waals surface area contributed by atoms with Gasteiger partial charge >= 0.3 is 0 Å². The van der Waals surface area contributed by atoms with Gasteiger partial charge in [0.05, 0.1) is 26.5 Å². The summed E-state index contributed by atoms with van der Waals surface area (Å²) in [5, 5.41) is 8.87. The average Bonchev–Trinajstić information content (AvgIpc) is 2.47. The summed E-state index contributed by atoms with van der Waals surface area (Å²) in [6.45, 7) is 0. The number of nitrogens with zero attached hydrogens (tertiary/aromatic N) is 4. The number of aromatic nitrogens is 2. The zero-order chi connectivity index (χ0) is 13.8. The van der Waals surface area contributed by atoms with Crippen LogP contribution in [0.25, 0.3) is 5.57 Å². The van der Waals surface area contributed by atoms with E-state index in [0.29, 0.717) is 17.1 Å². The summed E-state index contributed by atoms with van der Waals surface area (Å²) in [6, 6.07) is 1.86. The second-order valence-electron chi connectivity index (χ2n) is 3.60. The summed E-state index contributed by atoms with van der Waals surface area (Å²) >= 11 is 0. The first-order valence-corrected chi connectivity index (χ1v) is 5.34. The fourth-order valence-corrected chi connectivity index (χ4v) is 1.54. The summed E-state index contributed by atoms with van der Waals surface area (Å²) in [5.41, 5.74) is 0.868. The molecule has 1 aromatic rings. The van der Waals surface area contributed by atoms with Gasteiger partial charge in [0.2, 0.25) is 11.8 Å². The molecule has 1 aromatic heterocycles. The Hall–Kier alpha value is -2.75. The normalized spacial score (nSPS) is 17.6. The van der Waals surface area contributed by atoms with Gasteiger partial charge in [-0.05, 0) is 6.08 Å². The van der Waals surface area contributed by atoms with Gasteiger partial charge < -0.3 is 9.47 Å². The van der Waals surface area contributed by atoms with Crippen molar-refractivity contribution in [2.45, 2.75) is 0 Å². The number of ether oxygens (including phenoxy) is 2. The van der Waals surface area contributed by atoms with E-state index < -0.39 is 11.8 Å². The molecule has 1 amide bonds. The molecular weight excluding hydrogens is 248 g/mol. The topological polar surface area (TPSA) is 97.5 Å². The summed E-state index contributed by atoms with van der Waals surface area (Å²) in [5.74, 6) is -0.848. The fraction of sp³-hybridized carbons (Fsp3) is 0.250. The molecular formula is C12H10N4O3. The zero-order valence-electron chi connectivity index (χ0n) is 10.3. The lowest BCUT2D eigenvalue weighted by atomic mass is 10.0. The molecule has 19 heavy (non-hydrogen) atoms. The van der Waals surface area contributed by atoms with Crippen molar-refractivity contribution >= 4 is 17.7 Å². The van der Waals surface area contributed by atoms with Gasteiger partial charge in [0.25, 0.3) is 5.91 Å². The fourth-order valence-electron chi connectivity index (χ4n) is 1.54. The molecule has 0 spiro atoms. The lowest BCUT2D eigenvalue weighted by molar-refractivity contribution is -0.118. The van der Waals surface area contributed by atoms with Gasteiger partial charge in [-0.3, -0.25) is 4.79 Å². The zero-order valence-corrected chi connectivity index (χ0v) is 10.3. The van der Waals surface area contributed by atoms with E-state index in [2.05, 4.69) is 15.0 Å². The number of carbonyl (C=O) groups excluding carboxylic acids is 1. The first-order chi connectivity index (χ1) is 9.19. The van der Waals surface area contributed by atoms with Gasteiger partial charge in [0.1, 0.15) is 11.6 Å². The van der Waals surface area contributed by atoms with Gasteiger partial charge in [-0.25, -0.2) is 15.0 Å². The molecule has 7 heteroatoms. The molecule has 7 nitrogen and oxygen atoms in total. The third-order valence-corrected chi connectivity index (χ3v) is 2.47. The number of carbonyl (C=O) groups is 1. The lowest BCUT2D eigenvalue weighted by Gasteiger charge is -2.11. The highest BCUT2D eigenvalue weighted by Gasteiger charge is 2.22. The first kappa shape index (κ1) is 12.7. The number of hydrogen-bond donors (Lipinski definition) is 0. The van der Waals surface area contributed by atoms with Crippen LogP contribution in [0.5, 0.6) is 11.8 Å². The van der Waals surface area contributed by atoms with Crippen LogP contribution in [-0.2, 0) is 4.79 Å². The van der Waals surface area contributed by atoms with Crippen molar-refractivity contribution in [1.82, 2.24) is 9.97 Å². The SMILES string of the molecule is COc1cnc(OC)c(C2=CC(C#N)C(=O)N=C2)n1. The molecule has 0 aliphatic carbocycles. The van der Waals surface area contributed by atoms with Crippen molar-refractivity contribution in [3.8, 4) is 17.8 Å². The highest BCUT2D eigenvalue weighted by molar-refractivity contribution is 6.16. The van der Waals surface area contributed by atoms with Crippen LogP contribution in [0.15, 0.2) is 17.3 Å². The number of amides is 1. The number of rotatable bonds is 3. The largest absolute Gasteiger partial charge is 0.480 e. The van der Waals surface area contributed by atoms with Gasteiger partial charge in [-0.1, -0.05) is 0 Å². The van der Waals surface area contributed by atoms with Crippen LogP contribution in [0.1, 0.15) is 5.69 Å². The van der Waals surface area contributed by atoms with Crippen LogP contribution in [0.4, 0.5) is 0 Å². The average molecular weight is 258 g/mol. The molecule has 2 rings (SSSR count). The number of allylic oxidation sites excluding steroid dienone is 1. The quantitative estimate of drug-likeness (QED) is 0.788. The Morgan fingerprint density at radius 1 is 1.37 bits per heavy atom. The monoisotopic (exact) mass is 258 g/mol. The highest BCUT2D eigenvalue weighted by Crippen LogP contribution is 2.26. The minimum Gasteiger partial charge on any atom is -0.480 e. The van der Waals surface area contributed by atoms with Crippen molar-refractivity contribution < 1.29 is 14.3 Å². The Bertz CT molecular complexity index is 616. The van der Waals surface area contributed by atoms with E-state index >= 15 is 0 Å². The maximum atomic E-state index is 11.3. The van der Waals surface area contributed by atoms with Crippen LogP contribution >= 0.6 is 0 Å². The Morgan fingerprint density at radius 3 is 2.79 bits per heavy atom. The van der Waals surface area contributed by atoms with E-state index in [4.69, 9.17) is 14.7 Å². The summed E-state index contributed by atoms with van der Waals surface area (Å²) < 4.78 is 10.1. The predicted octanol–water partition coefficient (Wildman–Crippen LogP) is 0.628. The minimum absolute atomic E-state index is 0.268. The third-order valence-electron chi connectivity index (χ3n) is 2.47. The molecule has 1 unspecified atom stereocenters. The van der Waals surface area contributed by atoms with Crippen LogP contribution in [-0.4, -0.2) is 36.3 Å². The van der Waals surface area contributed by atoms with Crippen LogP contribution in [0.2, 0.25) is 0 Å². The van der Waals surface area contributed by atoms with Crippen molar-refractivity contribution in [2.75, 3.05) is 14.2 Å². The molecule has 0 saturated heterocycles. The van der Waals surface area contributed by atoms with Gasteiger partial charge in [0.15, 0.2) is 0 Å². The second-order valence-corrected chi connectivity index (χ2v) is 3.60. The standard InChI is InChI=1S/C12H10N4O3/c1-18-9-6-15-12(19-2)10(16-9)8-3-7(4-13)11(17)14-5-8/h3,5-7H,1-2H3. The molecule has 1 aliphatic heterocycles. The molecule has 0 fully saturated rings. The van der Waals surface area contributed by atoms with Crippen molar-refractivity contribution in [3.05, 3.63) is 18.0 Å². The predicted molar refractivity (Wildman–Crippen MR) is 65.7 cm³/mol. The molecule has 0 N–H and O–H groups in total. The second kappa shape index (κ2) is 5.27. The van der Waals surface area contributed by atoms with Gasteiger partial charge in [-0.15, -0.1) is 0 Å². The van der Waals surface area contributed by atoms with Gasteiger partial charge in [-0.2, -0.15) is 5.26 Å². The lowest BCUT2D eigenvalue weighted by Crippen LogP contribution is -2.14. The Labute approximate surface area is 109 Å². The Balaban J connectivity index is 2.49.